The van der Waals surface area contributed by atoms with Gasteiger partial charge < -0.3 is 10.1 Å². The second-order valence-corrected chi connectivity index (χ2v) is 7.39. The van der Waals surface area contributed by atoms with Crippen LogP contribution < -0.4 is 5.32 Å². The van der Waals surface area contributed by atoms with Gasteiger partial charge in [0, 0.05) is 5.69 Å². The molecule has 1 aromatic heterocycles. The number of esters is 1. The van der Waals surface area contributed by atoms with Crippen LogP contribution in [0.1, 0.15) is 31.7 Å². The Kier molecular flexibility index (Phi) is 7.41. The van der Waals surface area contributed by atoms with Gasteiger partial charge in [-0.15, -0.1) is 10.2 Å². The summed E-state index contributed by atoms with van der Waals surface area (Å²) in [6.07, 6.45) is 0.758. The minimum atomic E-state index is -0.648. The van der Waals surface area contributed by atoms with Crippen molar-refractivity contribution in [2.75, 3.05) is 12.9 Å². The molecule has 0 spiro atoms. The summed E-state index contributed by atoms with van der Waals surface area (Å²) < 4.78 is 6.71. The van der Waals surface area contributed by atoms with E-state index in [0.29, 0.717) is 5.16 Å². The first kappa shape index (κ1) is 21.0. The van der Waals surface area contributed by atoms with E-state index in [1.165, 1.54) is 18.9 Å². The summed E-state index contributed by atoms with van der Waals surface area (Å²) in [6, 6.07) is 7.37. The minimum Gasteiger partial charge on any atom is -0.467 e. The van der Waals surface area contributed by atoms with E-state index in [2.05, 4.69) is 15.5 Å². The van der Waals surface area contributed by atoms with Crippen LogP contribution in [0.15, 0.2) is 29.4 Å². The molecule has 0 saturated carbocycles. The number of carbonyl (C=O) groups excluding carboxylic acids is 2. The summed E-state index contributed by atoms with van der Waals surface area (Å²) in [5.74, 6) is 0.195. The molecular weight excluding hydrogens is 364 g/mol. The molecule has 0 aliphatic heterocycles. The Morgan fingerprint density at radius 2 is 1.89 bits per heavy atom. The fraction of sp³-hybridized carbons (Fsp3) is 0.474. The van der Waals surface area contributed by atoms with Gasteiger partial charge >= 0.3 is 5.97 Å². The second kappa shape index (κ2) is 9.55. The molecule has 2 rings (SSSR count). The summed E-state index contributed by atoms with van der Waals surface area (Å²) in [5.41, 5.74) is 2.11. The van der Waals surface area contributed by atoms with Gasteiger partial charge in [0.15, 0.2) is 5.16 Å². The van der Waals surface area contributed by atoms with Gasteiger partial charge in [0.1, 0.15) is 11.9 Å². The number of carbonyl (C=O) groups is 2. The molecule has 0 bridgehead atoms. The average Bonchev–Trinajstić information content (AvgIpc) is 3.04. The van der Waals surface area contributed by atoms with Crippen molar-refractivity contribution in [3.8, 4) is 5.69 Å². The Hall–Kier alpha value is -2.35. The normalized spacial score (nSPS) is 13.1. The molecular formula is C19H26N4O3S. The topological polar surface area (TPSA) is 86.1 Å². The monoisotopic (exact) mass is 390 g/mol. The largest absolute Gasteiger partial charge is 0.467 e. The van der Waals surface area contributed by atoms with Crippen LogP contribution >= 0.6 is 11.8 Å². The molecule has 8 heteroatoms. The second-order valence-electron chi connectivity index (χ2n) is 6.44. The number of hydrogen-bond acceptors (Lipinski definition) is 6. The number of thioether (sulfide) groups is 1. The van der Waals surface area contributed by atoms with Crippen molar-refractivity contribution in [2.45, 2.75) is 45.3 Å². The van der Waals surface area contributed by atoms with Gasteiger partial charge in [0.2, 0.25) is 5.91 Å². The van der Waals surface area contributed by atoms with Crippen LogP contribution in [0, 0.1) is 19.8 Å². The van der Waals surface area contributed by atoms with Crippen LogP contribution in [0.4, 0.5) is 0 Å². The van der Waals surface area contributed by atoms with Gasteiger partial charge in [-0.2, -0.15) is 0 Å². The molecule has 0 aliphatic carbocycles. The first-order chi connectivity index (χ1) is 12.9. The zero-order chi connectivity index (χ0) is 20.0. The number of hydrogen-bond donors (Lipinski definition) is 1. The van der Waals surface area contributed by atoms with Crippen LogP contribution in [-0.2, 0) is 14.3 Å². The molecule has 146 valence electrons. The van der Waals surface area contributed by atoms with Crippen LogP contribution in [-0.4, -0.2) is 45.5 Å². The Morgan fingerprint density at radius 1 is 1.22 bits per heavy atom. The van der Waals surface area contributed by atoms with Crippen molar-refractivity contribution in [3.05, 3.63) is 35.7 Å². The van der Waals surface area contributed by atoms with Crippen LogP contribution in [0.5, 0.6) is 0 Å². The summed E-state index contributed by atoms with van der Waals surface area (Å²) >= 11 is 1.28. The Labute approximate surface area is 163 Å². The molecule has 27 heavy (non-hydrogen) atoms. The highest BCUT2D eigenvalue weighted by molar-refractivity contribution is 7.99. The summed E-state index contributed by atoms with van der Waals surface area (Å²) in [7, 11) is 1.32. The van der Waals surface area contributed by atoms with Crippen LogP contribution in [0.3, 0.4) is 0 Å². The zero-order valence-corrected chi connectivity index (χ0v) is 17.2. The van der Waals surface area contributed by atoms with Gasteiger partial charge in [0.25, 0.3) is 0 Å². The standard InChI is InChI=1S/C19H26N4O3S/c1-6-13(3)17(18(25)26-5)20-16(24)11-27-19-22-21-14(4)23(19)15-9-7-12(2)8-10-15/h7-10,13,17H,6,11H2,1-5H3,(H,20,24). The third-order valence-corrected chi connectivity index (χ3v) is 5.33. The number of benzene rings is 1. The number of nitrogens with one attached hydrogen (secondary N) is 1. The lowest BCUT2D eigenvalue weighted by Gasteiger charge is -2.21. The number of aryl methyl sites for hydroxylation is 2. The lowest BCUT2D eigenvalue weighted by Crippen LogP contribution is -2.46. The number of aromatic nitrogens is 3. The molecule has 1 aromatic carbocycles. The maximum Gasteiger partial charge on any atom is 0.328 e. The van der Waals surface area contributed by atoms with Gasteiger partial charge in [-0.3, -0.25) is 9.36 Å². The van der Waals surface area contributed by atoms with Crippen LogP contribution in [0.2, 0.25) is 0 Å². The third kappa shape index (κ3) is 5.32. The first-order valence-corrected chi connectivity index (χ1v) is 9.85. The zero-order valence-electron chi connectivity index (χ0n) is 16.4. The molecule has 0 saturated heterocycles. The fourth-order valence-electron chi connectivity index (χ4n) is 2.57. The van der Waals surface area contributed by atoms with Crippen molar-refractivity contribution in [1.82, 2.24) is 20.1 Å². The third-order valence-electron chi connectivity index (χ3n) is 4.40. The SMILES string of the molecule is CCC(C)C(NC(=O)CSc1nnc(C)n1-c1ccc(C)cc1)C(=O)OC. The molecule has 0 radical (unpaired) electrons. The Morgan fingerprint density at radius 3 is 2.48 bits per heavy atom. The highest BCUT2D eigenvalue weighted by Gasteiger charge is 2.26. The van der Waals surface area contributed by atoms with Crippen LogP contribution in [0.25, 0.3) is 5.69 Å². The van der Waals surface area contributed by atoms with E-state index < -0.39 is 12.0 Å². The molecule has 1 heterocycles. The molecule has 2 unspecified atom stereocenters. The average molecular weight is 391 g/mol. The fourth-order valence-corrected chi connectivity index (χ4v) is 3.38. The minimum absolute atomic E-state index is 0.00939. The number of rotatable bonds is 8. The quantitative estimate of drug-likeness (QED) is 0.551. The van der Waals surface area contributed by atoms with E-state index in [4.69, 9.17) is 4.74 Å². The highest BCUT2D eigenvalue weighted by Crippen LogP contribution is 2.22. The van der Waals surface area contributed by atoms with Crippen molar-refractivity contribution < 1.29 is 14.3 Å². The number of methoxy groups -OCH3 is 1. The lowest BCUT2D eigenvalue weighted by molar-refractivity contribution is -0.146. The summed E-state index contributed by atoms with van der Waals surface area (Å²) in [6.45, 7) is 7.77. The molecule has 2 aromatic rings. The van der Waals surface area contributed by atoms with E-state index in [-0.39, 0.29) is 17.6 Å². The number of ether oxygens (including phenoxy) is 1. The summed E-state index contributed by atoms with van der Waals surface area (Å²) in [5, 5.41) is 11.7. The molecule has 7 nitrogen and oxygen atoms in total. The molecule has 2 atom stereocenters. The van der Waals surface area contributed by atoms with Gasteiger partial charge in [0.05, 0.1) is 12.9 Å². The molecule has 1 N–H and O–H groups in total. The number of nitrogens with zero attached hydrogens (tertiary/aromatic N) is 3. The van der Waals surface area contributed by atoms with E-state index in [1.807, 2.05) is 56.5 Å². The molecule has 0 fully saturated rings. The first-order valence-electron chi connectivity index (χ1n) is 8.86. The van der Waals surface area contributed by atoms with E-state index >= 15 is 0 Å². The maximum absolute atomic E-state index is 12.4. The highest BCUT2D eigenvalue weighted by atomic mass is 32.2. The Balaban J connectivity index is 2.07. The molecule has 1 amide bonds. The van der Waals surface area contributed by atoms with Crippen molar-refractivity contribution in [2.24, 2.45) is 5.92 Å². The lowest BCUT2D eigenvalue weighted by atomic mass is 9.99. The predicted molar refractivity (Wildman–Crippen MR) is 105 cm³/mol. The van der Waals surface area contributed by atoms with Crippen molar-refractivity contribution in [1.29, 1.82) is 0 Å². The van der Waals surface area contributed by atoms with E-state index in [0.717, 1.165) is 23.5 Å². The van der Waals surface area contributed by atoms with Crippen molar-refractivity contribution in [3.63, 3.8) is 0 Å². The summed E-state index contributed by atoms with van der Waals surface area (Å²) in [4.78, 5) is 24.3. The predicted octanol–water partition coefficient (Wildman–Crippen LogP) is 2.68. The Bertz CT molecular complexity index is 789. The number of amides is 1. The van der Waals surface area contributed by atoms with Gasteiger partial charge in [-0.1, -0.05) is 49.7 Å². The van der Waals surface area contributed by atoms with Gasteiger partial charge in [-0.05, 0) is 31.9 Å². The maximum atomic E-state index is 12.4. The van der Waals surface area contributed by atoms with E-state index in [1.54, 1.807) is 0 Å². The smallest absolute Gasteiger partial charge is 0.328 e. The van der Waals surface area contributed by atoms with Gasteiger partial charge in [-0.25, -0.2) is 4.79 Å². The molecule has 0 aliphatic rings. The van der Waals surface area contributed by atoms with E-state index in [9.17, 15) is 9.59 Å². The van der Waals surface area contributed by atoms with Crippen molar-refractivity contribution >= 4 is 23.6 Å².